The molecule has 1 amide bonds. The molecule has 11 heteroatoms. The molecule has 0 saturated carbocycles. The predicted octanol–water partition coefficient (Wildman–Crippen LogP) is 7.39. The number of aromatic nitrogens is 2. The molecule has 1 heterocycles. The van der Waals surface area contributed by atoms with Gasteiger partial charge in [-0.05, 0) is 65.7 Å². The fraction of sp³-hybridized carbons (Fsp3) is 0.241. The molecule has 4 rings (SSSR count). The number of hydrogen-bond donors (Lipinski definition) is 1. The zero-order chi connectivity index (χ0) is 28.8. The minimum absolute atomic E-state index is 0.0123. The van der Waals surface area contributed by atoms with E-state index < -0.39 is 0 Å². The summed E-state index contributed by atoms with van der Waals surface area (Å²) in [4.78, 5) is 30.6. The molecule has 0 saturated heterocycles. The van der Waals surface area contributed by atoms with E-state index in [9.17, 15) is 9.59 Å². The molecule has 4 aromatic rings. The standard InChI is InChI=1S/C29H27Br2ClN4O4/c1-4-17(3)28-35-22-12-11-19(30)14-21(22)29(38)36(28)33-15-18-13-23(39-5-2)27(26(32)25(18)31)40-16-24(37)34-20-9-7-6-8-10-20/h6-15,17H,4-5,16H2,1-3H3,(H,34,37)/t17-/m1/s1. The predicted molar refractivity (Wildman–Crippen MR) is 166 cm³/mol. The first-order valence-electron chi connectivity index (χ1n) is 12.6. The second kappa shape index (κ2) is 13.4. The number of hydrogen-bond acceptors (Lipinski definition) is 6. The fourth-order valence-electron chi connectivity index (χ4n) is 3.85. The third-order valence-electron chi connectivity index (χ3n) is 6.06. The largest absolute Gasteiger partial charge is 0.490 e. The van der Waals surface area contributed by atoms with Crippen LogP contribution in [0.4, 0.5) is 5.69 Å². The molecular formula is C29H27Br2ClN4O4. The Kier molecular flexibility index (Phi) is 9.99. The van der Waals surface area contributed by atoms with E-state index >= 15 is 0 Å². The molecule has 208 valence electrons. The first-order chi connectivity index (χ1) is 19.2. The lowest BCUT2D eigenvalue weighted by atomic mass is 10.1. The normalized spacial score (nSPS) is 12.1. The number of nitrogens with one attached hydrogen (secondary N) is 1. The number of nitrogens with zero attached hydrogens (tertiary/aromatic N) is 3. The van der Waals surface area contributed by atoms with Crippen molar-refractivity contribution in [3.05, 3.63) is 90.3 Å². The first kappa shape index (κ1) is 29.8. The lowest BCUT2D eigenvalue weighted by Crippen LogP contribution is -2.23. The highest BCUT2D eigenvalue weighted by Gasteiger charge is 2.20. The summed E-state index contributed by atoms with van der Waals surface area (Å²) >= 11 is 13.6. The van der Waals surface area contributed by atoms with Crippen LogP contribution in [0.2, 0.25) is 5.02 Å². The van der Waals surface area contributed by atoms with Crippen LogP contribution in [-0.2, 0) is 4.79 Å². The number of fused-ring (bicyclic) bond motifs is 1. The van der Waals surface area contributed by atoms with Crippen molar-refractivity contribution in [2.24, 2.45) is 5.10 Å². The second-order valence-electron chi connectivity index (χ2n) is 8.86. The van der Waals surface area contributed by atoms with Gasteiger partial charge in [-0.1, -0.05) is 59.6 Å². The number of anilines is 1. The topological polar surface area (TPSA) is 94.8 Å². The van der Waals surface area contributed by atoms with Gasteiger partial charge in [0, 0.05) is 26.1 Å². The lowest BCUT2D eigenvalue weighted by molar-refractivity contribution is -0.118. The maximum atomic E-state index is 13.5. The summed E-state index contributed by atoms with van der Waals surface area (Å²) in [5.41, 5.74) is 1.53. The molecule has 0 unspecified atom stereocenters. The SMILES string of the molecule is CCOc1cc(C=Nn2c([C@H](C)CC)nc3ccc(Br)cc3c2=O)c(Br)c(Cl)c1OCC(=O)Nc1ccccc1. The van der Waals surface area contributed by atoms with Gasteiger partial charge in [0.25, 0.3) is 11.5 Å². The zero-order valence-corrected chi connectivity index (χ0v) is 26.0. The van der Waals surface area contributed by atoms with Gasteiger partial charge in [0.1, 0.15) is 10.8 Å². The molecule has 1 N–H and O–H groups in total. The Morgan fingerprint density at radius 3 is 2.60 bits per heavy atom. The number of ether oxygens (including phenoxy) is 2. The van der Waals surface area contributed by atoms with Crippen molar-refractivity contribution in [1.29, 1.82) is 0 Å². The Bertz CT molecular complexity index is 1630. The van der Waals surface area contributed by atoms with E-state index in [1.54, 1.807) is 24.3 Å². The minimum atomic E-state index is -0.348. The van der Waals surface area contributed by atoms with Gasteiger partial charge in [-0.15, -0.1) is 0 Å². The Labute approximate surface area is 253 Å². The van der Waals surface area contributed by atoms with Crippen LogP contribution in [-0.4, -0.2) is 35.0 Å². The van der Waals surface area contributed by atoms with Crippen LogP contribution in [0.15, 0.2) is 73.4 Å². The molecule has 0 fully saturated rings. The Morgan fingerprint density at radius 2 is 1.90 bits per heavy atom. The number of halogens is 3. The maximum Gasteiger partial charge on any atom is 0.282 e. The first-order valence-corrected chi connectivity index (χ1v) is 14.6. The molecule has 0 aliphatic heterocycles. The fourth-order valence-corrected chi connectivity index (χ4v) is 4.87. The van der Waals surface area contributed by atoms with Gasteiger partial charge in [0.15, 0.2) is 18.1 Å². The van der Waals surface area contributed by atoms with E-state index in [4.69, 9.17) is 26.1 Å². The van der Waals surface area contributed by atoms with Crippen molar-refractivity contribution in [2.75, 3.05) is 18.5 Å². The van der Waals surface area contributed by atoms with E-state index in [1.807, 2.05) is 51.1 Å². The summed E-state index contributed by atoms with van der Waals surface area (Å²) in [5.74, 6) is 0.737. The number of amides is 1. The van der Waals surface area contributed by atoms with Crippen molar-refractivity contribution < 1.29 is 14.3 Å². The average Bonchev–Trinajstić information content (AvgIpc) is 2.95. The number of benzene rings is 3. The molecule has 0 bridgehead atoms. The van der Waals surface area contributed by atoms with Crippen molar-refractivity contribution >= 4 is 72.2 Å². The maximum absolute atomic E-state index is 13.5. The van der Waals surface area contributed by atoms with Gasteiger partial charge in [0.2, 0.25) is 0 Å². The molecule has 40 heavy (non-hydrogen) atoms. The Balaban J connectivity index is 1.69. The monoisotopic (exact) mass is 688 g/mol. The number of para-hydroxylation sites is 1. The van der Waals surface area contributed by atoms with Crippen LogP contribution in [0.25, 0.3) is 10.9 Å². The van der Waals surface area contributed by atoms with E-state index in [2.05, 4.69) is 42.3 Å². The molecule has 1 atom stereocenters. The Morgan fingerprint density at radius 1 is 1.15 bits per heavy atom. The van der Waals surface area contributed by atoms with Crippen molar-refractivity contribution in [2.45, 2.75) is 33.1 Å². The van der Waals surface area contributed by atoms with E-state index in [0.717, 1.165) is 10.9 Å². The van der Waals surface area contributed by atoms with Crippen LogP contribution in [0.5, 0.6) is 11.5 Å². The van der Waals surface area contributed by atoms with Crippen LogP contribution in [0.3, 0.4) is 0 Å². The van der Waals surface area contributed by atoms with E-state index in [1.165, 1.54) is 10.9 Å². The minimum Gasteiger partial charge on any atom is -0.490 e. The summed E-state index contributed by atoms with van der Waals surface area (Å²) in [7, 11) is 0. The highest BCUT2D eigenvalue weighted by molar-refractivity contribution is 9.10. The third-order valence-corrected chi connectivity index (χ3v) is 8.00. The number of carbonyl (C=O) groups is 1. The lowest BCUT2D eigenvalue weighted by Gasteiger charge is -2.16. The molecule has 3 aromatic carbocycles. The third kappa shape index (κ3) is 6.74. The highest BCUT2D eigenvalue weighted by atomic mass is 79.9. The van der Waals surface area contributed by atoms with Crippen LogP contribution in [0, 0.1) is 0 Å². The molecule has 0 aliphatic rings. The average molecular weight is 691 g/mol. The van der Waals surface area contributed by atoms with Crippen molar-refractivity contribution in [3.63, 3.8) is 0 Å². The molecule has 0 radical (unpaired) electrons. The summed E-state index contributed by atoms with van der Waals surface area (Å²) < 4.78 is 14.1. The van der Waals surface area contributed by atoms with Crippen LogP contribution >= 0.6 is 43.5 Å². The quantitative estimate of drug-likeness (QED) is 0.175. The summed E-state index contributed by atoms with van der Waals surface area (Å²) in [6.45, 7) is 5.91. The molecule has 8 nitrogen and oxygen atoms in total. The van der Waals surface area contributed by atoms with Gasteiger partial charge in [-0.3, -0.25) is 9.59 Å². The highest BCUT2D eigenvalue weighted by Crippen LogP contribution is 2.42. The van der Waals surface area contributed by atoms with Crippen molar-refractivity contribution in [3.8, 4) is 11.5 Å². The van der Waals surface area contributed by atoms with E-state index in [0.29, 0.717) is 44.8 Å². The van der Waals surface area contributed by atoms with Gasteiger partial charge in [0.05, 0.1) is 23.7 Å². The molecule has 1 aromatic heterocycles. The smallest absolute Gasteiger partial charge is 0.282 e. The van der Waals surface area contributed by atoms with Crippen LogP contribution in [0.1, 0.15) is 44.5 Å². The van der Waals surface area contributed by atoms with Gasteiger partial charge < -0.3 is 14.8 Å². The Hall–Kier alpha value is -3.21. The van der Waals surface area contributed by atoms with E-state index in [-0.39, 0.29) is 34.8 Å². The molecule has 0 aliphatic carbocycles. The zero-order valence-electron chi connectivity index (χ0n) is 22.1. The summed E-state index contributed by atoms with van der Waals surface area (Å²) in [6.07, 6.45) is 2.29. The summed E-state index contributed by atoms with van der Waals surface area (Å²) in [6, 6.07) is 16.2. The van der Waals surface area contributed by atoms with Crippen molar-refractivity contribution in [1.82, 2.24) is 9.66 Å². The number of rotatable bonds is 10. The van der Waals surface area contributed by atoms with Crippen LogP contribution < -0.4 is 20.3 Å². The van der Waals surface area contributed by atoms with Gasteiger partial charge in [-0.2, -0.15) is 9.78 Å². The van der Waals surface area contributed by atoms with Gasteiger partial charge >= 0.3 is 0 Å². The molecular weight excluding hydrogens is 664 g/mol. The summed E-state index contributed by atoms with van der Waals surface area (Å²) in [5, 5.41) is 7.95. The van der Waals surface area contributed by atoms with Gasteiger partial charge in [-0.25, -0.2) is 4.98 Å². The number of carbonyl (C=O) groups excluding carboxylic acids is 1. The molecule has 0 spiro atoms. The second-order valence-corrected chi connectivity index (χ2v) is 10.9.